The number of fused-ring (bicyclic) bond motifs is 2. The number of nitro benzene ring substituents is 2. The van der Waals surface area contributed by atoms with E-state index in [0.29, 0.717) is 34.7 Å². The van der Waals surface area contributed by atoms with Crippen molar-refractivity contribution in [2.45, 2.75) is 36.5 Å². The quantitative estimate of drug-likeness (QED) is 0.0431. The van der Waals surface area contributed by atoms with Crippen LogP contribution in [0.1, 0.15) is 25.0 Å². The summed E-state index contributed by atoms with van der Waals surface area (Å²) in [5, 5.41) is 58.8. The molecule has 0 aliphatic heterocycles. The van der Waals surface area contributed by atoms with E-state index in [1.54, 1.807) is 38.1 Å². The van der Waals surface area contributed by atoms with Crippen LogP contribution in [0.3, 0.4) is 0 Å². The van der Waals surface area contributed by atoms with Crippen LogP contribution >= 0.6 is 0 Å². The molecule has 2 N–H and O–H groups in total. The first-order valence-corrected chi connectivity index (χ1v) is 19.1. The second-order valence-corrected chi connectivity index (χ2v) is 14.4. The minimum atomic E-state index is -4.83. The molecule has 0 fully saturated rings. The first-order chi connectivity index (χ1) is 26.4. The van der Waals surface area contributed by atoms with E-state index in [0.717, 1.165) is 12.1 Å². The Labute approximate surface area is 364 Å². The van der Waals surface area contributed by atoms with Crippen LogP contribution in [0.4, 0.5) is 34.1 Å². The Morgan fingerprint density at radius 3 is 1.25 bits per heavy atom. The molecule has 6 rings (SSSR count). The number of hydrogen-bond donors (Lipinski definition) is 2. The van der Waals surface area contributed by atoms with E-state index in [1.807, 2.05) is 0 Å². The Hall–Kier alpha value is -5.17. The third-order valence-corrected chi connectivity index (χ3v) is 10.0. The van der Waals surface area contributed by atoms with Gasteiger partial charge in [-0.05, 0) is 72.1 Å². The van der Waals surface area contributed by atoms with Crippen LogP contribution in [0.15, 0.2) is 127 Å². The molecule has 18 nitrogen and oxygen atoms in total. The third-order valence-electron chi connectivity index (χ3n) is 8.28. The molecule has 0 saturated carbocycles. The summed E-state index contributed by atoms with van der Waals surface area (Å²) in [6.07, 6.45) is 0.922. The average Bonchev–Trinajstić information content (AvgIpc) is 3.15. The summed E-state index contributed by atoms with van der Waals surface area (Å²) in [5.41, 5.74) is 0.663. The van der Waals surface area contributed by atoms with Crippen molar-refractivity contribution in [3.05, 3.63) is 128 Å². The number of benzene rings is 6. The van der Waals surface area contributed by atoms with Crippen molar-refractivity contribution in [3.8, 4) is 11.5 Å². The van der Waals surface area contributed by atoms with Gasteiger partial charge >= 0.3 is 48.9 Å². The van der Waals surface area contributed by atoms with Gasteiger partial charge in [-0.1, -0.05) is 50.2 Å². The van der Waals surface area contributed by atoms with E-state index >= 15 is 0 Å². The second-order valence-electron chi connectivity index (χ2n) is 11.7. The molecule has 57 heavy (non-hydrogen) atoms. The molecule has 6 aromatic rings. The van der Waals surface area contributed by atoms with E-state index in [2.05, 4.69) is 20.5 Å². The molecule has 0 amide bonds. The van der Waals surface area contributed by atoms with Crippen molar-refractivity contribution < 1.29 is 46.0 Å². The Bertz CT molecular complexity index is 2640. The number of hydrogen-bond acceptors (Lipinski definition) is 16. The predicted octanol–water partition coefficient (Wildman–Crippen LogP) is 8.29. The average molecular weight is 938 g/mol. The number of rotatable bonds is 10. The Kier molecular flexibility index (Phi) is 14.4. The fourth-order valence-corrected chi connectivity index (χ4v) is 7.05. The monoisotopic (exact) mass is 938 g/mol. The minimum Gasteiger partial charge on any atom is -0.744 e. The number of aromatic hydroxyl groups is 2. The third kappa shape index (κ3) is 10.2. The number of phenolic OH excluding ortho intramolecular Hbond substituents is 2. The summed E-state index contributed by atoms with van der Waals surface area (Å²) >= 11 is 0. The molecule has 0 aliphatic rings. The molecule has 0 aliphatic carbocycles. The zero-order valence-electron chi connectivity index (χ0n) is 29.8. The summed E-state index contributed by atoms with van der Waals surface area (Å²) in [5.74, 6) is -0.765. The molecule has 0 unspecified atom stereocenters. The molecule has 6 aromatic carbocycles. The molecule has 0 atom stereocenters. The summed E-state index contributed by atoms with van der Waals surface area (Å²) in [6.45, 7) is 3.56. The molecule has 21 heteroatoms. The second kappa shape index (κ2) is 18.4. The minimum absolute atomic E-state index is 0. The van der Waals surface area contributed by atoms with Gasteiger partial charge in [-0.25, -0.2) is 16.8 Å². The van der Waals surface area contributed by atoms with E-state index in [9.17, 15) is 56.4 Å². The number of nitro groups is 2. The van der Waals surface area contributed by atoms with E-state index in [4.69, 9.17) is 0 Å². The largest absolute Gasteiger partial charge is 2.00 e. The number of azo groups is 2. The van der Waals surface area contributed by atoms with Crippen molar-refractivity contribution in [2.24, 2.45) is 20.5 Å². The van der Waals surface area contributed by atoms with Crippen molar-refractivity contribution in [3.63, 3.8) is 0 Å². The van der Waals surface area contributed by atoms with Gasteiger partial charge in [0, 0.05) is 34.0 Å². The Morgan fingerprint density at radius 2 is 0.930 bits per heavy atom. The summed E-state index contributed by atoms with van der Waals surface area (Å²) in [6, 6.07) is 22.2. The summed E-state index contributed by atoms with van der Waals surface area (Å²) in [7, 11) is -9.66. The molecular weight excluding hydrogens is 910 g/mol. The van der Waals surface area contributed by atoms with Gasteiger partial charge in [0.1, 0.15) is 43.1 Å². The SMILES string of the molecule is CCc1ccc(N=Nc2c(O)ccc3cccc(S(=O)(=O)[O-])c23)cc1[N+](=O)[O-].CCc1ccc(N=Nc2c(O)ccc3cccc(S(=O)(=O)[O-])c23)cc1[N+](=O)[O-].[Ba+2]. The molecule has 288 valence electrons. The van der Waals surface area contributed by atoms with Crippen molar-refractivity contribution in [1.82, 2.24) is 0 Å². The van der Waals surface area contributed by atoms with Gasteiger partial charge in [0.05, 0.1) is 31.0 Å². The van der Waals surface area contributed by atoms with Gasteiger partial charge in [0.15, 0.2) is 0 Å². The molecule has 0 saturated heterocycles. The van der Waals surface area contributed by atoms with Crippen LogP contribution in [0, 0.1) is 20.2 Å². The smallest absolute Gasteiger partial charge is 0.744 e. The first kappa shape index (κ1) is 44.5. The van der Waals surface area contributed by atoms with Crippen molar-refractivity contribution in [1.29, 1.82) is 0 Å². The van der Waals surface area contributed by atoms with E-state index in [-0.39, 0.29) is 105 Å². The molecule has 0 spiro atoms. The van der Waals surface area contributed by atoms with Crippen LogP contribution < -0.4 is 0 Å². The molecule has 0 radical (unpaired) electrons. The van der Waals surface area contributed by atoms with Gasteiger partial charge < -0.3 is 19.3 Å². The number of aryl methyl sites for hydroxylation is 2. The maximum absolute atomic E-state index is 11.6. The van der Waals surface area contributed by atoms with Crippen LogP contribution in [0.25, 0.3) is 21.5 Å². The normalized spacial score (nSPS) is 11.7. The van der Waals surface area contributed by atoms with E-state index < -0.39 is 39.9 Å². The number of nitrogens with zero attached hydrogens (tertiary/aromatic N) is 6. The topological polar surface area (TPSA) is 291 Å². The molecule has 0 aromatic heterocycles. The maximum atomic E-state index is 11.6. The first-order valence-electron chi connectivity index (χ1n) is 16.2. The zero-order chi connectivity index (χ0) is 40.9. The Morgan fingerprint density at radius 1 is 0.561 bits per heavy atom. The molecule has 0 bridgehead atoms. The van der Waals surface area contributed by atoms with Gasteiger partial charge in [-0.3, -0.25) is 20.2 Å². The van der Waals surface area contributed by atoms with E-state index in [1.165, 1.54) is 60.7 Å². The fourth-order valence-electron chi connectivity index (χ4n) is 5.63. The predicted molar refractivity (Wildman–Crippen MR) is 206 cm³/mol. The van der Waals surface area contributed by atoms with Crippen LogP contribution in [0.5, 0.6) is 11.5 Å². The van der Waals surface area contributed by atoms with Gasteiger partial charge in [0.2, 0.25) is 0 Å². The maximum Gasteiger partial charge on any atom is 2.00 e. The van der Waals surface area contributed by atoms with Crippen molar-refractivity contribution >= 4 is 125 Å². The van der Waals surface area contributed by atoms with Gasteiger partial charge in [0.25, 0.3) is 11.4 Å². The van der Waals surface area contributed by atoms with Crippen LogP contribution in [0.2, 0.25) is 0 Å². The standard InChI is InChI=1S/2C18H15N3O6S.Ba/c2*1-2-11-6-8-13(10-14(11)21(23)24)19-20-18-15(22)9-7-12-4-3-5-16(17(12)18)28(25,26)27;/h2*3-10,22H,2H2,1H3,(H,25,26,27);/q;;+2/p-2. The van der Waals surface area contributed by atoms with Gasteiger partial charge in [-0.2, -0.15) is 10.2 Å². The fraction of sp³-hybridized carbons (Fsp3) is 0.111. The Balaban J connectivity index is 0.000000248. The summed E-state index contributed by atoms with van der Waals surface area (Å²) in [4.78, 5) is 20.2. The van der Waals surface area contributed by atoms with Crippen LogP contribution in [-0.2, 0) is 33.1 Å². The van der Waals surface area contributed by atoms with Crippen LogP contribution in [-0.4, -0.2) is 94.9 Å². The van der Waals surface area contributed by atoms with Crippen molar-refractivity contribution in [2.75, 3.05) is 0 Å². The number of phenols is 2. The summed E-state index contributed by atoms with van der Waals surface area (Å²) < 4.78 is 69.5. The zero-order valence-corrected chi connectivity index (χ0v) is 35.9. The molecule has 0 heterocycles. The molecular formula is C36H28BaN6O12S2. The van der Waals surface area contributed by atoms with Gasteiger partial charge in [-0.15, -0.1) is 10.2 Å².